The fourth-order valence-electron chi connectivity index (χ4n) is 2.64. The van der Waals surface area contributed by atoms with Crippen molar-refractivity contribution in [2.75, 3.05) is 5.32 Å². The van der Waals surface area contributed by atoms with E-state index in [1.165, 1.54) is 5.56 Å². The van der Waals surface area contributed by atoms with Gasteiger partial charge < -0.3 is 14.1 Å². The molecule has 26 heavy (non-hydrogen) atoms. The van der Waals surface area contributed by atoms with Crippen molar-refractivity contribution in [2.45, 2.75) is 19.9 Å². The lowest BCUT2D eigenvalue weighted by Gasteiger charge is -2.04. The van der Waals surface area contributed by atoms with Gasteiger partial charge in [0.05, 0.1) is 12.2 Å². The topological polar surface area (TPSA) is 68.2 Å². The molecule has 0 aliphatic rings. The summed E-state index contributed by atoms with van der Waals surface area (Å²) >= 11 is 0. The number of benzene rings is 1. The van der Waals surface area contributed by atoms with E-state index in [1.54, 1.807) is 18.3 Å². The summed E-state index contributed by atoms with van der Waals surface area (Å²) in [4.78, 5) is 4.54. The molecule has 0 amide bonds. The number of fused-ring (bicyclic) bond motifs is 1. The number of hydrogen-bond donors (Lipinski definition) is 1. The highest BCUT2D eigenvalue weighted by Crippen LogP contribution is 2.24. The van der Waals surface area contributed by atoms with Gasteiger partial charge in [-0.25, -0.2) is 4.98 Å². The lowest BCUT2D eigenvalue weighted by atomic mass is 10.2. The summed E-state index contributed by atoms with van der Waals surface area (Å²) in [5.41, 5.74) is 4.26. The molecule has 1 N–H and O–H groups in total. The van der Waals surface area contributed by atoms with Crippen LogP contribution in [0.5, 0.6) is 0 Å². The average Bonchev–Trinajstić information content (AvgIpc) is 3.26. The predicted molar refractivity (Wildman–Crippen MR) is 91.9 cm³/mol. The summed E-state index contributed by atoms with van der Waals surface area (Å²) in [7, 11) is 0. The van der Waals surface area contributed by atoms with Gasteiger partial charge in [0, 0.05) is 23.6 Å². The molecule has 8 heteroatoms. The summed E-state index contributed by atoms with van der Waals surface area (Å²) < 4.78 is 32.0. The van der Waals surface area contributed by atoms with E-state index < -0.39 is 12.3 Å². The minimum absolute atomic E-state index is 0.0465. The van der Waals surface area contributed by atoms with Crippen LogP contribution >= 0.6 is 0 Å². The second-order valence-electron chi connectivity index (χ2n) is 5.88. The number of halogens is 2. The van der Waals surface area contributed by atoms with E-state index in [2.05, 4.69) is 26.6 Å². The third-order valence-electron chi connectivity index (χ3n) is 3.88. The number of imidazole rings is 1. The number of nitrogens with one attached hydrogen (secondary N) is 1. The van der Waals surface area contributed by atoms with E-state index >= 15 is 0 Å². The number of alkyl halides is 2. The van der Waals surface area contributed by atoms with Crippen LogP contribution in [0.1, 0.15) is 23.6 Å². The Morgan fingerprint density at radius 1 is 1.19 bits per heavy atom. The molecule has 4 aromatic rings. The molecule has 0 fully saturated rings. The van der Waals surface area contributed by atoms with Crippen LogP contribution in [-0.2, 0) is 6.54 Å². The van der Waals surface area contributed by atoms with Crippen LogP contribution in [0.25, 0.3) is 17.1 Å². The zero-order chi connectivity index (χ0) is 18.1. The molecule has 0 unspecified atom stereocenters. The van der Waals surface area contributed by atoms with Gasteiger partial charge in [-0.2, -0.15) is 8.78 Å². The number of hydrogen-bond acceptors (Lipinski definition) is 5. The fraction of sp³-hybridized carbons (Fsp3) is 0.167. The first-order valence-corrected chi connectivity index (χ1v) is 7.98. The molecule has 0 bridgehead atoms. The summed E-state index contributed by atoms with van der Waals surface area (Å²) in [6.45, 7) is 2.60. The molecule has 0 atom stereocenters. The van der Waals surface area contributed by atoms with Crippen LogP contribution in [0.4, 0.5) is 14.5 Å². The summed E-state index contributed by atoms with van der Waals surface area (Å²) in [5, 5.41) is 10.3. The molecule has 0 aliphatic carbocycles. The van der Waals surface area contributed by atoms with Crippen molar-refractivity contribution in [1.82, 2.24) is 19.6 Å². The molecule has 132 valence electrons. The smallest absolute Gasteiger partial charge is 0.314 e. The third-order valence-corrected chi connectivity index (χ3v) is 3.88. The number of aromatic nitrogens is 4. The minimum atomic E-state index is -2.79. The Labute approximate surface area is 147 Å². The highest BCUT2D eigenvalue weighted by Gasteiger charge is 2.17. The van der Waals surface area contributed by atoms with E-state index in [0.717, 1.165) is 11.4 Å². The van der Waals surface area contributed by atoms with E-state index in [9.17, 15) is 8.78 Å². The number of pyridine rings is 1. The molecule has 0 saturated carbocycles. The lowest BCUT2D eigenvalue weighted by molar-refractivity contribution is 0.116. The van der Waals surface area contributed by atoms with Gasteiger partial charge in [-0.15, -0.1) is 10.2 Å². The Hall–Kier alpha value is -3.29. The van der Waals surface area contributed by atoms with Crippen molar-refractivity contribution in [3.05, 3.63) is 65.9 Å². The van der Waals surface area contributed by atoms with Crippen LogP contribution in [0.3, 0.4) is 0 Å². The lowest BCUT2D eigenvalue weighted by Crippen LogP contribution is -1.99. The second kappa shape index (κ2) is 6.55. The Morgan fingerprint density at radius 3 is 2.85 bits per heavy atom. The number of nitrogens with zero attached hydrogens (tertiary/aromatic N) is 4. The first kappa shape index (κ1) is 16.2. The summed E-state index contributed by atoms with van der Waals surface area (Å²) in [6.07, 6.45) is 0.895. The molecule has 0 aliphatic heterocycles. The van der Waals surface area contributed by atoms with Crippen LogP contribution in [0.15, 0.2) is 53.2 Å². The highest BCUT2D eigenvalue weighted by molar-refractivity contribution is 5.60. The average molecular weight is 355 g/mol. The quantitative estimate of drug-likeness (QED) is 0.580. The van der Waals surface area contributed by atoms with Crippen LogP contribution in [0.2, 0.25) is 0 Å². The van der Waals surface area contributed by atoms with Crippen molar-refractivity contribution in [1.29, 1.82) is 0 Å². The molecular weight excluding hydrogens is 340 g/mol. The maximum absolute atomic E-state index is 12.6. The molecule has 3 heterocycles. The van der Waals surface area contributed by atoms with Crippen LogP contribution in [0, 0.1) is 6.92 Å². The molecule has 0 spiro atoms. The first-order chi connectivity index (χ1) is 12.6. The minimum Gasteiger partial charge on any atom is -0.415 e. The largest absolute Gasteiger partial charge is 0.415 e. The van der Waals surface area contributed by atoms with E-state index in [0.29, 0.717) is 17.8 Å². The first-order valence-electron chi connectivity index (χ1n) is 7.98. The maximum Gasteiger partial charge on any atom is 0.314 e. The monoisotopic (exact) mass is 355 g/mol. The second-order valence-corrected chi connectivity index (χ2v) is 5.88. The predicted octanol–water partition coefficient (Wildman–Crippen LogP) is 4.24. The van der Waals surface area contributed by atoms with Crippen molar-refractivity contribution in [2.24, 2.45) is 0 Å². The highest BCUT2D eigenvalue weighted by atomic mass is 19.3. The molecule has 3 aromatic heterocycles. The zero-order valence-corrected chi connectivity index (χ0v) is 13.9. The van der Waals surface area contributed by atoms with Gasteiger partial charge in [0.25, 0.3) is 5.89 Å². The Morgan fingerprint density at radius 2 is 2.08 bits per heavy atom. The number of anilines is 1. The fourth-order valence-corrected chi connectivity index (χ4v) is 2.64. The Bertz CT molecular complexity index is 1060. The van der Waals surface area contributed by atoms with E-state index in [1.807, 2.05) is 35.7 Å². The molecular formula is C18H15F2N5O. The zero-order valence-electron chi connectivity index (χ0n) is 13.9. The van der Waals surface area contributed by atoms with Crippen molar-refractivity contribution >= 4 is 11.3 Å². The molecule has 1 aromatic carbocycles. The van der Waals surface area contributed by atoms with Gasteiger partial charge in [0.15, 0.2) is 0 Å². The SMILES string of the molecule is Cc1cccc(NCc2cn3ccc(-c4nnc(C(F)F)o4)cc3n2)c1. The normalized spacial score (nSPS) is 11.4. The summed E-state index contributed by atoms with van der Waals surface area (Å²) in [5.74, 6) is -0.642. The van der Waals surface area contributed by atoms with Gasteiger partial charge in [-0.05, 0) is 36.8 Å². The standard InChI is InChI=1S/C18H15F2N5O/c1-11-3-2-4-13(7-11)21-9-14-10-25-6-5-12(8-15(25)22-14)17-23-24-18(26-17)16(19)20/h2-8,10,16,21H,9H2,1H3. The van der Waals surface area contributed by atoms with E-state index in [4.69, 9.17) is 4.42 Å². The third kappa shape index (κ3) is 3.26. The molecule has 0 saturated heterocycles. The van der Waals surface area contributed by atoms with Gasteiger partial charge in [0.1, 0.15) is 5.65 Å². The molecule has 0 radical (unpaired) electrons. The molecule has 4 rings (SSSR count). The van der Waals surface area contributed by atoms with Gasteiger partial charge in [-0.1, -0.05) is 12.1 Å². The maximum atomic E-state index is 12.6. The van der Waals surface area contributed by atoms with Gasteiger partial charge in [-0.3, -0.25) is 0 Å². The van der Waals surface area contributed by atoms with E-state index in [-0.39, 0.29) is 5.89 Å². The Balaban J connectivity index is 1.55. The van der Waals surface area contributed by atoms with Gasteiger partial charge in [0.2, 0.25) is 5.89 Å². The number of aryl methyl sites for hydroxylation is 1. The number of rotatable bonds is 5. The van der Waals surface area contributed by atoms with Crippen molar-refractivity contribution in [3.63, 3.8) is 0 Å². The van der Waals surface area contributed by atoms with Crippen LogP contribution in [-0.4, -0.2) is 19.6 Å². The van der Waals surface area contributed by atoms with Gasteiger partial charge >= 0.3 is 6.43 Å². The summed E-state index contributed by atoms with van der Waals surface area (Å²) in [6, 6.07) is 11.5. The van der Waals surface area contributed by atoms with Crippen LogP contribution < -0.4 is 5.32 Å². The molecule has 6 nitrogen and oxygen atoms in total. The van der Waals surface area contributed by atoms with Crippen molar-refractivity contribution < 1.29 is 13.2 Å². The Kier molecular flexibility index (Phi) is 4.08. The van der Waals surface area contributed by atoms with Crippen molar-refractivity contribution in [3.8, 4) is 11.5 Å².